The highest BCUT2D eigenvalue weighted by atomic mass is 79.9. The van der Waals surface area contributed by atoms with Crippen molar-refractivity contribution in [2.75, 3.05) is 0 Å². The number of sulfonamides is 1. The zero-order valence-corrected chi connectivity index (χ0v) is 15.0. The summed E-state index contributed by atoms with van der Waals surface area (Å²) < 4.78 is 24.0. The molecule has 1 aliphatic rings. The predicted molar refractivity (Wildman–Crippen MR) is 90.2 cm³/mol. The first kappa shape index (κ1) is 16.3. The fourth-order valence-corrected chi connectivity index (χ4v) is 4.34. The standard InChI is InChI=1S/C10H6BrN5O4S3/c11-8-7(5-3-4(16(17)18)1-2-6(5)21)13-9-15(8)14-10(22-9)23(12,19)20/h1,3H,2H2,(H2,12,19,20). The third-order valence-electron chi connectivity index (χ3n) is 2.93. The van der Waals surface area contributed by atoms with Gasteiger partial charge in [0.05, 0.1) is 4.92 Å². The van der Waals surface area contributed by atoms with Crippen LogP contribution >= 0.6 is 39.5 Å². The van der Waals surface area contributed by atoms with E-state index in [9.17, 15) is 18.5 Å². The number of hydrogen-bond acceptors (Lipinski definition) is 8. The molecular formula is C10H6BrN5O4S3. The summed E-state index contributed by atoms with van der Waals surface area (Å²) in [7, 11) is -3.93. The topological polar surface area (TPSA) is 133 Å². The monoisotopic (exact) mass is 435 g/mol. The van der Waals surface area contributed by atoms with Gasteiger partial charge in [-0.25, -0.2) is 18.5 Å². The smallest absolute Gasteiger partial charge is 0.258 e. The third-order valence-corrected chi connectivity index (χ3v) is 6.25. The van der Waals surface area contributed by atoms with Crippen molar-refractivity contribution in [3.05, 3.63) is 38.3 Å². The Hall–Kier alpha value is -1.54. The molecule has 13 heteroatoms. The number of nitrogens with zero attached hydrogens (tertiary/aromatic N) is 4. The number of nitrogens with two attached hydrogens (primary N) is 1. The van der Waals surface area contributed by atoms with Gasteiger partial charge in [-0.2, -0.15) is 4.52 Å². The Balaban J connectivity index is 2.16. The summed E-state index contributed by atoms with van der Waals surface area (Å²) in [5, 5.41) is 19.8. The van der Waals surface area contributed by atoms with Crippen molar-refractivity contribution in [2.45, 2.75) is 10.8 Å². The summed E-state index contributed by atoms with van der Waals surface area (Å²) in [6, 6.07) is 0. The van der Waals surface area contributed by atoms with Gasteiger partial charge in [0.1, 0.15) is 10.3 Å². The highest BCUT2D eigenvalue weighted by Gasteiger charge is 2.26. The maximum absolute atomic E-state index is 11.3. The van der Waals surface area contributed by atoms with Gasteiger partial charge in [0.25, 0.3) is 15.7 Å². The molecule has 2 aromatic heterocycles. The van der Waals surface area contributed by atoms with Gasteiger partial charge >= 0.3 is 0 Å². The van der Waals surface area contributed by atoms with Crippen LogP contribution in [0.25, 0.3) is 10.5 Å². The Morgan fingerprint density at radius 2 is 2.22 bits per heavy atom. The normalized spacial score (nSPS) is 15.7. The van der Waals surface area contributed by atoms with Crippen molar-refractivity contribution in [1.29, 1.82) is 0 Å². The summed E-state index contributed by atoms with van der Waals surface area (Å²) in [6.45, 7) is 0. The Morgan fingerprint density at radius 1 is 1.52 bits per heavy atom. The molecule has 3 rings (SSSR count). The summed E-state index contributed by atoms with van der Waals surface area (Å²) in [6.07, 6.45) is 3.02. The van der Waals surface area contributed by atoms with Crippen molar-refractivity contribution in [3.63, 3.8) is 0 Å². The molecule has 2 N–H and O–H groups in total. The molecule has 0 spiro atoms. The van der Waals surface area contributed by atoms with Gasteiger partial charge in [-0.15, -0.1) is 5.10 Å². The predicted octanol–water partition coefficient (Wildman–Crippen LogP) is 1.52. The van der Waals surface area contributed by atoms with E-state index in [1.54, 1.807) is 0 Å². The second kappa shape index (κ2) is 5.52. The Morgan fingerprint density at radius 3 is 2.78 bits per heavy atom. The van der Waals surface area contributed by atoms with Crippen molar-refractivity contribution >= 4 is 64.9 Å². The molecule has 0 atom stereocenters. The van der Waals surface area contributed by atoms with E-state index in [2.05, 4.69) is 26.0 Å². The number of aromatic nitrogens is 3. The van der Waals surface area contributed by atoms with Gasteiger partial charge in [0, 0.05) is 22.9 Å². The fraction of sp³-hybridized carbons (Fsp3) is 0.100. The molecule has 0 fully saturated rings. The second-order valence-corrected chi connectivity index (χ2v) is 8.37. The lowest BCUT2D eigenvalue weighted by atomic mass is 10.0. The third kappa shape index (κ3) is 2.85. The molecule has 23 heavy (non-hydrogen) atoms. The summed E-state index contributed by atoms with van der Waals surface area (Å²) in [5.41, 5.74) is 0.716. The first-order valence-corrected chi connectivity index (χ1v) is 9.42. The van der Waals surface area contributed by atoms with Crippen molar-refractivity contribution < 1.29 is 13.3 Å². The van der Waals surface area contributed by atoms with E-state index in [0.29, 0.717) is 20.7 Å². The van der Waals surface area contributed by atoms with Crippen molar-refractivity contribution in [3.8, 4) is 0 Å². The molecule has 0 radical (unpaired) electrons. The number of halogens is 1. The minimum atomic E-state index is -3.93. The Kier molecular flexibility index (Phi) is 3.92. The number of primary sulfonamides is 1. The summed E-state index contributed by atoms with van der Waals surface area (Å²) in [4.78, 5) is 15.4. The van der Waals surface area contributed by atoms with Gasteiger partial charge in [-0.1, -0.05) is 23.6 Å². The van der Waals surface area contributed by atoms with E-state index < -0.39 is 14.9 Å². The molecule has 0 saturated heterocycles. The first-order valence-electron chi connectivity index (χ1n) is 5.86. The quantitative estimate of drug-likeness (QED) is 0.438. The SMILES string of the molecule is NS(=O)(=O)c1nn2c(Br)c(C3=CC([N+](=O)[O-])=CCC3=S)nc2s1. The summed E-state index contributed by atoms with van der Waals surface area (Å²) >= 11 is 9.29. The minimum Gasteiger partial charge on any atom is -0.258 e. The molecule has 2 heterocycles. The average molecular weight is 436 g/mol. The van der Waals surface area contributed by atoms with Crippen LogP contribution in [-0.4, -0.2) is 32.8 Å². The number of fused-ring (bicyclic) bond motifs is 1. The molecule has 2 aromatic rings. The average Bonchev–Trinajstić information content (AvgIpc) is 2.99. The van der Waals surface area contributed by atoms with Crippen LogP contribution in [0.15, 0.2) is 26.8 Å². The Bertz CT molecular complexity index is 1030. The molecule has 0 amide bonds. The second-order valence-electron chi connectivity index (χ2n) is 4.43. The van der Waals surface area contributed by atoms with Gasteiger partial charge in [-0.3, -0.25) is 10.1 Å². The minimum absolute atomic E-state index is 0.0740. The molecule has 0 unspecified atom stereocenters. The number of nitro groups is 1. The largest absolute Gasteiger partial charge is 0.267 e. The highest BCUT2D eigenvalue weighted by Crippen LogP contribution is 2.32. The number of allylic oxidation sites excluding steroid dienone is 3. The van der Waals surface area contributed by atoms with E-state index in [0.717, 1.165) is 11.3 Å². The van der Waals surface area contributed by atoms with E-state index >= 15 is 0 Å². The van der Waals surface area contributed by atoms with Gasteiger partial charge in [-0.05, 0) is 22.0 Å². The number of rotatable bonds is 3. The highest BCUT2D eigenvalue weighted by molar-refractivity contribution is 9.10. The van der Waals surface area contributed by atoms with Crippen molar-refractivity contribution in [1.82, 2.24) is 14.6 Å². The molecule has 120 valence electrons. The molecule has 1 aliphatic carbocycles. The molecular weight excluding hydrogens is 430 g/mol. The van der Waals surface area contributed by atoms with Crippen molar-refractivity contribution in [2.24, 2.45) is 5.14 Å². The lowest BCUT2D eigenvalue weighted by Crippen LogP contribution is -2.12. The van der Waals surface area contributed by atoms with E-state index in [-0.39, 0.29) is 21.4 Å². The molecule has 0 saturated carbocycles. The van der Waals surface area contributed by atoms with Crippen LogP contribution in [0.5, 0.6) is 0 Å². The lowest BCUT2D eigenvalue weighted by Gasteiger charge is -2.09. The van der Waals surface area contributed by atoms with Crippen LogP contribution in [-0.2, 0) is 10.0 Å². The van der Waals surface area contributed by atoms with Crippen LogP contribution < -0.4 is 5.14 Å². The fourth-order valence-electron chi connectivity index (χ4n) is 1.91. The van der Waals surface area contributed by atoms with Crippen LogP contribution in [0.4, 0.5) is 0 Å². The number of thiocarbonyl (C=S) groups is 1. The van der Waals surface area contributed by atoms with E-state index in [1.165, 1.54) is 16.7 Å². The molecule has 0 bridgehead atoms. The first-order chi connectivity index (χ1) is 10.7. The van der Waals surface area contributed by atoms with Crippen LogP contribution in [0.1, 0.15) is 12.1 Å². The van der Waals surface area contributed by atoms with Gasteiger partial charge < -0.3 is 0 Å². The maximum Gasteiger partial charge on any atom is 0.267 e. The lowest BCUT2D eigenvalue weighted by molar-refractivity contribution is -0.419. The van der Waals surface area contributed by atoms with Gasteiger partial charge in [0.2, 0.25) is 9.30 Å². The number of hydrogen-bond donors (Lipinski definition) is 1. The maximum atomic E-state index is 11.3. The van der Waals surface area contributed by atoms with Crippen LogP contribution in [0, 0.1) is 10.1 Å². The zero-order valence-electron chi connectivity index (χ0n) is 11.0. The van der Waals surface area contributed by atoms with E-state index in [1.807, 2.05) is 0 Å². The summed E-state index contributed by atoms with van der Waals surface area (Å²) in [5.74, 6) is 0. The molecule has 9 nitrogen and oxygen atoms in total. The van der Waals surface area contributed by atoms with Crippen LogP contribution in [0.2, 0.25) is 0 Å². The number of imidazole rings is 1. The molecule has 0 aromatic carbocycles. The molecule has 0 aliphatic heterocycles. The van der Waals surface area contributed by atoms with Crippen LogP contribution in [0.3, 0.4) is 0 Å². The van der Waals surface area contributed by atoms with E-state index in [4.69, 9.17) is 17.4 Å². The Labute approximate surface area is 146 Å². The zero-order chi connectivity index (χ0) is 16.9. The van der Waals surface area contributed by atoms with Gasteiger partial charge in [0.15, 0.2) is 0 Å².